The van der Waals surface area contributed by atoms with Crippen LogP contribution in [0.1, 0.15) is 29.0 Å². The Labute approximate surface area is 166 Å². The van der Waals surface area contributed by atoms with E-state index in [0.717, 1.165) is 34.9 Å². The number of hydrogen-bond acceptors (Lipinski definition) is 3. The van der Waals surface area contributed by atoms with E-state index in [1.165, 1.54) is 0 Å². The molecule has 0 bridgehead atoms. The Bertz CT molecular complexity index is 887. The number of benzene rings is 2. The molecule has 0 radical (unpaired) electrons. The van der Waals surface area contributed by atoms with Gasteiger partial charge in [0, 0.05) is 5.92 Å². The van der Waals surface area contributed by atoms with E-state index in [0.29, 0.717) is 6.42 Å². The molecule has 3 heteroatoms. The number of aliphatic hydroxyl groups excluding tert-OH is 1. The lowest BCUT2D eigenvalue weighted by Gasteiger charge is -2.21. The van der Waals surface area contributed by atoms with Gasteiger partial charge in [-0.3, -0.25) is 0 Å². The number of phenols is 2. The largest absolute Gasteiger partial charge is 0.516 e. The molecule has 2 aromatic rings. The van der Waals surface area contributed by atoms with Crippen LogP contribution in [0, 0.1) is 0 Å². The summed E-state index contributed by atoms with van der Waals surface area (Å²) in [5.41, 5.74) is 3.71. The number of aliphatic hydroxyl groups is 1. The van der Waals surface area contributed by atoms with Crippen LogP contribution in [0.15, 0.2) is 104 Å². The molecule has 0 spiro atoms. The third-order valence-corrected chi connectivity index (χ3v) is 4.35. The molecule has 0 aliphatic heterocycles. The summed E-state index contributed by atoms with van der Waals surface area (Å²) in [6.07, 6.45) is 13.3. The molecule has 0 heterocycles. The zero-order chi connectivity index (χ0) is 20.4. The fourth-order valence-corrected chi connectivity index (χ4v) is 3.05. The highest BCUT2D eigenvalue weighted by Crippen LogP contribution is 2.36. The molecule has 1 unspecified atom stereocenters. The number of hydrogen-bond donors (Lipinski definition) is 3. The van der Waals surface area contributed by atoms with Gasteiger partial charge in [-0.1, -0.05) is 54.6 Å². The van der Waals surface area contributed by atoms with E-state index >= 15 is 0 Å². The van der Waals surface area contributed by atoms with Crippen LogP contribution in [0.5, 0.6) is 11.5 Å². The maximum absolute atomic E-state index is 10.1. The molecule has 28 heavy (non-hydrogen) atoms. The molecule has 0 aromatic heterocycles. The Kier molecular flexibility index (Phi) is 7.92. The Morgan fingerprint density at radius 3 is 2.32 bits per heavy atom. The van der Waals surface area contributed by atoms with E-state index < -0.39 is 0 Å². The van der Waals surface area contributed by atoms with Gasteiger partial charge in [0.05, 0.1) is 6.26 Å². The number of allylic oxidation sites excluding steroid dienone is 7. The molecular formula is C25H26O3. The average Bonchev–Trinajstić information content (AvgIpc) is 2.70. The number of rotatable bonds is 9. The van der Waals surface area contributed by atoms with Crippen molar-refractivity contribution in [2.24, 2.45) is 0 Å². The first kappa shape index (κ1) is 20.8. The van der Waals surface area contributed by atoms with Crippen molar-refractivity contribution in [2.75, 3.05) is 0 Å². The van der Waals surface area contributed by atoms with Crippen molar-refractivity contribution >= 4 is 0 Å². The standard InChI is InChI=1S/C25H26O3/c1-3-5-6-9-19(10-7-17-26)25(20-11-14-23(27)15-12-20)22-13-16-24(28)21(18-22)8-4-2/h3-4,6-7,9-18,25-28H,1-2,5,8H2/b9-6+,17-7+,19-10+. The Balaban J connectivity index is 2.64. The predicted octanol–water partition coefficient (Wildman–Crippen LogP) is 6.09. The summed E-state index contributed by atoms with van der Waals surface area (Å²) in [5.74, 6) is 0.279. The minimum atomic E-state index is -0.151. The van der Waals surface area contributed by atoms with Crippen molar-refractivity contribution in [2.45, 2.75) is 18.8 Å². The van der Waals surface area contributed by atoms with Crippen LogP contribution < -0.4 is 0 Å². The number of aromatic hydroxyl groups is 2. The summed E-state index contributed by atoms with van der Waals surface area (Å²) in [6.45, 7) is 7.50. The molecule has 2 aromatic carbocycles. The molecule has 0 amide bonds. The Morgan fingerprint density at radius 2 is 1.68 bits per heavy atom. The molecule has 3 N–H and O–H groups in total. The quantitative estimate of drug-likeness (QED) is 0.283. The second-order valence-corrected chi connectivity index (χ2v) is 6.34. The molecule has 3 nitrogen and oxygen atoms in total. The van der Waals surface area contributed by atoms with Gasteiger partial charge in [0.1, 0.15) is 11.5 Å². The van der Waals surface area contributed by atoms with E-state index in [-0.39, 0.29) is 17.4 Å². The normalized spacial score (nSPS) is 13.1. The molecule has 0 aliphatic carbocycles. The monoisotopic (exact) mass is 374 g/mol. The minimum Gasteiger partial charge on any atom is -0.516 e. The SMILES string of the molecule is C=CC/C=C/C(=C\C=C\O)C(c1ccc(O)cc1)c1ccc(O)c(CC=C)c1. The van der Waals surface area contributed by atoms with Gasteiger partial charge in [-0.05, 0) is 59.4 Å². The van der Waals surface area contributed by atoms with Gasteiger partial charge in [-0.25, -0.2) is 0 Å². The Morgan fingerprint density at radius 1 is 0.964 bits per heavy atom. The van der Waals surface area contributed by atoms with Gasteiger partial charge in [0.25, 0.3) is 0 Å². The van der Waals surface area contributed by atoms with Gasteiger partial charge < -0.3 is 15.3 Å². The van der Waals surface area contributed by atoms with Crippen molar-refractivity contribution in [3.63, 3.8) is 0 Å². The lowest BCUT2D eigenvalue weighted by Crippen LogP contribution is -2.04. The van der Waals surface area contributed by atoms with Crippen LogP contribution in [0.4, 0.5) is 0 Å². The molecule has 0 aliphatic rings. The van der Waals surface area contributed by atoms with Crippen molar-refractivity contribution in [1.82, 2.24) is 0 Å². The van der Waals surface area contributed by atoms with Crippen molar-refractivity contribution < 1.29 is 15.3 Å². The lowest BCUT2D eigenvalue weighted by atomic mass is 9.83. The number of phenolic OH excluding ortho intramolecular Hbond substituents is 2. The van der Waals surface area contributed by atoms with Crippen LogP contribution in [-0.4, -0.2) is 15.3 Å². The highest BCUT2D eigenvalue weighted by molar-refractivity contribution is 5.50. The zero-order valence-corrected chi connectivity index (χ0v) is 15.8. The first-order valence-corrected chi connectivity index (χ1v) is 9.10. The molecule has 1 atom stereocenters. The minimum absolute atomic E-state index is 0.151. The molecular weight excluding hydrogens is 348 g/mol. The van der Waals surface area contributed by atoms with Crippen LogP contribution in [-0.2, 0) is 6.42 Å². The smallest absolute Gasteiger partial charge is 0.119 e. The van der Waals surface area contributed by atoms with Crippen LogP contribution in [0.2, 0.25) is 0 Å². The first-order valence-electron chi connectivity index (χ1n) is 9.10. The first-order chi connectivity index (χ1) is 13.6. The van der Waals surface area contributed by atoms with Crippen LogP contribution in [0.3, 0.4) is 0 Å². The summed E-state index contributed by atoms with van der Waals surface area (Å²) >= 11 is 0. The second-order valence-electron chi connectivity index (χ2n) is 6.34. The van der Waals surface area contributed by atoms with Crippen molar-refractivity contribution in [1.29, 1.82) is 0 Å². The maximum Gasteiger partial charge on any atom is 0.119 e. The van der Waals surface area contributed by atoms with Gasteiger partial charge in [-0.15, -0.1) is 13.2 Å². The van der Waals surface area contributed by atoms with Crippen molar-refractivity contribution in [3.05, 3.63) is 121 Å². The molecule has 144 valence electrons. The zero-order valence-electron chi connectivity index (χ0n) is 15.8. The van der Waals surface area contributed by atoms with Crippen LogP contribution in [0.25, 0.3) is 0 Å². The predicted molar refractivity (Wildman–Crippen MR) is 116 cm³/mol. The molecule has 0 saturated carbocycles. The van der Waals surface area contributed by atoms with E-state index in [2.05, 4.69) is 13.2 Å². The van der Waals surface area contributed by atoms with E-state index in [4.69, 9.17) is 5.11 Å². The van der Waals surface area contributed by atoms with Crippen LogP contribution >= 0.6 is 0 Å². The molecule has 0 fully saturated rings. The summed E-state index contributed by atoms with van der Waals surface area (Å²) in [5, 5.41) is 29.0. The highest BCUT2D eigenvalue weighted by atomic mass is 16.3. The van der Waals surface area contributed by atoms with E-state index in [1.807, 2.05) is 48.6 Å². The topological polar surface area (TPSA) is 60.7 Å². The van der Waals surface area contributed by atoms with Gasteiger partial charge in [0.15, 0.2) is 0 Å². The van der Waals surface area contributed by atoms with E-state index in [1.54, 1.807) is 30.4 Å². The summed E-state index contributed by atoms with van der Waals surface area (Å²) in [6, 6.07) is 12.6. The van der Waals surface area contributed by atoms with Gasteiger partial charge >= 0.3 is 0 Å². The highest BCUT2D eigenvalue weighted by Gasteiger charge is 2.19. The Hall–Kier alpha value is -3.46. The maximum atomic E-state index is 10.1. The average molecular weight is 374 g/mol. The fraction of sp³-hybridized carbons (Fsp3) is 0.120. The summed E-state index contributed by atoms with van der Waals surface area (Å²) < 4.78 is 0. The lowest BCUT2D eigenvalue weighted by molar-refractivity contribution is 0.469. The molecule has 0 saturated heterocycles. The third kappa shape index (κ3) is 5.52. The van der Waals surface area contributed by atoms with Gasteiger partial charge in [0.2, 0.25) is 0 Å². The van der Waals surface area contributed by atoms with E-state index in [9.17, 15) is 10.2 Å². The van der Waals surface area contributed by atoms with Gasteiger partial charge in [-0.2, -0.15) is 0 Å². The third-order valence-electron chi connectivity index (χ3n) is 4.35. The second kappa shape index (κ2) is 10.6. The summed E-state index contributed by atoms with van der Waals surface area (Å²) in [7, 11) is 0. The fourth-order valence-electron chi connectivity index (χ4n) is 3.05. The summed E-state index contributed by atoms with van der Waals surface area (Å²) in [4.78, 5) is 0. The molecule has 2 rings (SSSR count). The van der Waals surface area contributed by atoms with Crippen molar-refractivity contribution in [3.8, 4) is 11.5 Å².